The molecule has 116 valence electrons. The highest BCUT2D eigenvalue weighted by Crippen LogP contribution is 2.23. The highest BCUT2D eigenvalue weighted by Gasteiger charge is 2.27. The SMILES string of the molecule is COC(=O)C(N)CC1CCCCN1Cc1cccc(Cl)c1. The van der Waals surface area contributed by atoms with Crippen molar-refractivity contribution in [3.05, 3.63) is 34.9 Å². The maximum Gasteiger partial charge on any atom is 0.322 e. The number of rotatable bonds is 5. The zero-order valence-electron chi connectivity index (χ0n) is 12.4. The lowest BCUT2D eigenvalue weighted by atomic mass is 9.95. The summed E-state index contributed by atoms with van der Waals surface area (Å²) in [5.74, 6) is -0.330. The highest BCUT2D eigenvalue weighted by molar-refractivity contribution is 6.30. The highest BCUT2D eigenvalue weighted by atomic mass is 35.5. The maximum absolute atomic E-state index is 11.5. The van der Waals surface area contributed by atoms with Crippen LogP contribution in [0.25, 0.3) is 0 Å². The van der Waals surface area contributed by atoms with Crippen molar-refractivity contribution in [2.24, 2.45) is 5.73 Å². The fraction of sp³-hybridized carbons (Fsp3) is 0.562. The van der Waals surface area contributed by atoms with Gasteiger partial charge in [-0.05, 0) is 43.5 Å². The number of piperidine rings is 1. The molecule has 1 aliphatic rings. The molecule has 0 spiro atoms. The number of nitrogens with two attached hydrogens (primary N) is 1. The summed E-state index contributed by atoms with van der Waals surface area (Å²) >= 11 is 6.04. The van der Waals surface area contributed by atoms with E-state index in [0.717, 1.165) is 24.5 Å². The van der Waals surface area contributed by atoms with Crippen LogP contribution in [-0.4, -0.2) is 36.6 Å². The number of methoxy groups -OCH3 is 1. The van der Waals surface area contributed by atoms with Gasteiger partial charge >= 0.3 is 5.97 Å². The predicted octanol–water partition coefficient (Wildman–Crippen LogP) is 2.58. The van der Waals surface area contributed by atoms with Gasteiger partial charge in [0.05, 0.1) is 7.11 Å². The zero-order valence-corrected chi connectivity index (χ0v) is 13.2. The molecule has 1 aromatic rings. The molecule has 5 heteroatoms. The van der Waals surface area contributed by atoms with E-state index < -0.39 is 6.04 Å². The number of hydrogen-bond acceptors (Lipinski definition) is 4. The Bertz CT molecular complexity index is 481. The summed E-state index contributed by atoms with van der Waals surface area (Å²) in [7, 11) is 1.38. The van der Waals surface area contributed by atoms with Gasteiger partial charge in [-0.25, -0.2) is 0 Å². The van der Waals surface area contributed by atoms with Gasteiger partial charge in [0.1, 0.15) is 6.04 Å². The Hall–Kier alpha value is -1.10. The molecule has 1 fully saturated rings. The van der Waals surface area contributed by atoms with Crippen LogP contribution >= 0.6 is 11.6 Å². The van der Waals surface area contributed by atoms with E-state index in [9.17, 15) is 4.79 Å². The second-order valence-electron chi connectivity index (χ2n) is 5.62. The number of carbonyl (C=O) groups excluding carboxylic acids is 1. The summed E-state index contributed by atoms with van der Waals surface area (Å²) in [6, 6.07) is 7.71. The van der Waals surface area contributed by atoms with E-state index in [4.69, 9.17) is 22.1 Å². The van der Waals surface area contributed by atoms with Crippen LogP contribution in [0.3, 0.4) is 0 Å². The minimum absolute atomic E-state index is 0.326. The van der Waals surface area contributed by atoms with E-state index in [0.29, 0.717) is 12.5 Å². The van der Waals surface area contributed by atoms with E-state index in [1.807, 2.05) is 18.2 Å². The van der Waals surface area contributed by atoms with E-state index in [-0.39, 0.29) is 5.97 Å². The number of likely N-dealkylation sites (tertiary alicyclic amines) is 1. The fourth-order valence-corrected chi connectivity index (χ4v) is 3.16. The molecule has 1 saturated heterocycles. The maximum atomic E-state index is 11.5. The van der Waals surface area contributed by atoms with Gasteiger partial charge in [0.25, 0.3) is 0 Å². The van der Waals surface area contributed by atoms with Gasteiger partial charge in [-0.15, -0.1) is 0 Å². The summed E-state index contributed by atoms with van der Waals surface area (Å²) in [5.41, 5.74) is 7.11. The van der Waals surface area contributed by atoms with Crippen LogP contribution in [0.2, 0.25) is 5.02 Å². The van der Waals surface area contributed by atoms with Gasteiger partial charge in [-0.3, -0.25) is 9.69 Å². The van der Waals surface area contributed by atoms with Crippen LogP contribution in [-0.2, 0) is 16.1 Å². The molecule has 0 aliphatic carbocycles. The lowest BCUT2D eigenvalue weighted by Gasteiger charge is -2.36. The molecule has 2 atom stereocenters. The third-order valence-corrected chi connectivity index (χ3v) is 4.29. The number of ether oxygens (including phenoxy) is 1. The first-order valence-electron chi connectivity index (χ1n) is 7.42. The molecule has 0 aromatic heterocycles. The van der Waals surface area contributed by atoms with Gasteiger partial charge in [0.15, 0.2) is 0 Å². The standard InChI is InChI=1S/C16H23ClN2O2/c1-21-16(20)15(18)10-14-7-2-3-8-19(14)11-12-5-4-6-13(17)9-12/h4-6,9,14-15H,2-3,7-8,10-11,18H2,1H3. The molecule has 1 aromatic carbocycles. The first-order valence-corrected chi connectivity index (χ1v) is 7.80. The quantitative estimate of drug-likeness (QED) is 0.849. The van der Waals surface area contributed by atoms with Crippen molar-refractivity contribution in [1.29, 1.82) is 0 Å². The summed E-state index contributed by atoms with van der Waals surface area (Å²) < 4.78 is 4.72. The monoisotopic (exact) mass is 310 g/mol. The molecule has 2 rings (SSSR count). The molecule has 1 aliphatic heterocycles. The van der Waals surface area contributed by atoms with Crippen LogP contribution < -0.4 is 5.73 Å². The number of nitrogens with zero attached hydrogens (tertiary/aromatic N) is 1. The predicted molar refractivity (Wildman–Crippen MR) is 84.1 cm³/mol. The van der Waals surface area contributed by atoms with Crippen molar-refractivity contribution in [3.63, 3.8) is 0 Å². The summed E-state index contributed by atoms with van der Waals surface area (Å²) in [6.45, 7) is 1.88. The zero-order chi connectivity index (χ0) is 15.2. The van der Waals surface area contributed by atoms with Gasteiger partial charge in [0, 0.05) is 17.6 Å². The van der Waals surface area contributed by atoms with Gasteiger partial charge < -0.3 is 10.5 Å². The molecule has 4 nitrogen and oxygen atoms in total. The summed E-state index contributed by atoms with van der Waals surface area (Å²) in [4.78, 5) is 13.9. The average molecular weight is 311 g/mol. The van der Waals surface area contributed by atoms with Crippen LogP contribution in [0.5, 0.6) is 0 Å². The largest absolute Gasteiger partial charge is 0.468 e. The number of carbonyl (C=O) groups is 1. The van der Waals surface area contributed by atoms with Gasteiger partial charge in [-0.2, -0.15) is 0 Å². The van der Waals surface area contributed by atoms with Crippen molar-refractivity contribution in [1.82, 2.24) is 4.90 Å². The lowest BCUT2D eigenvalue weighted by molar-refractivity contribution is -0.142. The minimum atomic E-state index is -0.542. The number of esters is 1. The van der Waals surface area contributed by atoms with Gasteiger partial charge in [0.2, 0.25) is 0 Å². The molecule has 0 saturated carbocycles. The van der Waals surface area contributed by atoms with Crippen molar-refractivity contribution >= 4 is 17.6 Å². The Balaban J connectivity index is 2.00. The summed E-state index contributed by atoms with van der Waals surface area (Å²) in [6.07, 6.45) is 4.09. The molecule has 21 heavy (non-hydrogen) atoms. The third-order valence-electron chi connectivity index (χ3n) is 4.05. The van der Waals surface area contributed by atoms with Crippen molar-refractivity contribution in [3.8, 4) is 0 Å². The Kier molecular flexibility index (Phi) is 6.03. The molecular weight excluding hydrogens is 288 g/mol. The molecule has 0 bridgehead atoms. The Morgan fingerprint density at radius 1 is 1.52 bits per heavy atom. The lowest BCUT2D eigenvalue weighted by Crippen LogP contribution is -2.44. The Labute approximate surface area is 131 Å². The molecule has 0 radical (unpaired) electrons. The fourth-order valence-electron chi connectivity index (χ4n) is 2.95. The Morgan fingerprint density at radius 3 is 3.05 bits per heavy atom. The van der Waals surface area contributed by atoms with E-state index in [1.54, 1.807) is 0 Å². The first-order chi connectivity index (χ1) is 10.1. The third kappa shape index (κ3) is 4.70. The average Bonchev–Trinajstić information content (AvgIpc) is 2.48. The Morgan fingerprint density at radius 2 is 2.33 bits per heavy atom. The normalized spacial score (nSPS) is 21.0. The van der Waals surface area contributed by atoms with Gasteiger partial charge in [-0.1, -0.05) is 30.2 Å². The number of benzene rings is 1. The second kappa shape index (κ2) is 7.78. The van der Waals surface area contributed by atoms with E-state index in [2.05, 4.69) is 11.0 Å². The molecule has 1 heterocycles. The van der Waals surface area contributed by atoms with Crippen LogP contribution in [0, 0.1) is 0 Å². The molecule has 0 amide bonds. The summed E-state index contributed by atoms with van der Waals surface area (Å²) in [5, 5.41) is 0.757. The topological polar surface area (TPSA) is 55.6 Å². The van der Waals surface area contributed by atoms with Crippen LogP contribution in [0.1, 0.15) is 31.2 Å². The van der Waals surface area contributed by atoms with Crippen molar-refractivity contribution < 1.29 is 9.53 Å². The van der Waals surface area contributed by atoms with Crippen molar-refractivity contribution in [2.75, 3.05) is 13.7 Å². The smallest absolute Gasteiger partial charge is 0.322 e. The molecule has 2 unspecified atom stereocenters. The molecule has 2 N–H and O–H groups in total. The number of halogens is 1. The minimum Gasteiger partial charge on any atom is -0.468 e. The van der Waals surface area contributed by atoms with E-state index in [1.165, 1.54) is 25.5 Å². The van der Waals surface area contributed by atoms with E-state index >= 15 is 0 Å². The van der Waals surface area contributed by atoms with Crippen LogP contribution in [0.4, 0.5) is 0 Å². The second-order valence-corrected chi connectivity index (χ2v) is 6.05. The number of hydrogen-bond donors (Lipinski definition) is 1. The first kappa shape index (κ1) is 16.3. The molecular formula is C16H23ClN2O2. The van der Waals surface area contributed by atoms with Crippen molar-refractivity contribution in [2.45, 2.75) is 44.3 Å². The van der Waals surface area contributed by atoms with Crippen LogP contribution in [0.15, 0.2) is 24.3 Å².